The van der Waals surface area contributed by atoms with Gasteiger partial charge in [0, 0.05) is 53.8 Å². The summed E-state index contributed by atoms with van der Waals surface area (Å²) in [7, 11) is -0.793. The van der Waals surface area contributed by atoms with Crippen LogP contribution >= 0.6 is 22.9 Å². The number of pyridine rings is 1. The van der Waals surface area contributed by atoms with Crippen LogP contribution in [0.15, 0.2) is 90.7 Å². The van der Waals surface area contributed by atoms with Gasteiger partial charge in [0.25, 0.3) is 0 Å². The predicted molar refractivity (Wildman–Crippen MR) is 187 cm³/mol. The Hall–Kier alpha value is -4.95. The Morgan fingerprint density at radius 2 is 1.90 bits per heavy atom. The molecule has 2 N–H and O–H groups in total. The first kappa shape index (κ1) is 33.0. The molecule has 3 aromatic heterocycles. The van der Waals surface area contributed by atoms with Crippen LogP contribution in [0.2, 0.25) is 5.02 Å². The maximum absolute atomic E-state index is 13.5. The molecule has 14 heteroatoms. The Morgan fingerprint density at radius 1 is 1.00 bits per heavy atom. The Labute approximate surface area is 286 Å². The fourth-order valence-electron chi connectivity index (χ4n) is 4.88. The maximum Gasteiger partial charge on any atom is 0.220 e. The van der Waals surface area contributed by atoms with Gasteiger partial charge in [0.05, 0.1) is 34.0 Å². The third-order valence-corrected chi connectivity index (χ3v) is 9.18. The zero-order chi connectivity index (χ0) is 33.5. The zero-order valence-corrected chi connectivity index (χ0v) is 27.9. The molecule has 3 aromatic carbocycles. The van der Waals surface area contributed by atoms with Crippen LogP contribution in [0.5, 0.6) is 11.5 Å². The molecule has 0 aliphatic heterocycles. The lowest BCUT2D eigenvalue weighted by Crippen LogP contribution is -2.26. The third-order valence-electron chi connectivity index (χ3n) is 7.22. The van der Waals surface area contributed by atoms with Gasteiger partial charge in [0.15, 0.2) is 0 Å². The summed E-state index contributed by atoms with van der Waals surface area (Å²) in [5.41, 5.74) is 3.97. The van der Waals surface area contributed by atoms with Crippen LogP contribution in [0.4, 0.5) is 15.9 Å². The number of benzene rings is 3. The molecule has 0 amide bonds. The first-order chi connectivity index (χ1) is 23.4. The number of aromatic nitrogens is 4. The standard InChI is InChI=1S/C34H28ClFN6O4S2/c1-45-31-16-28-25(15-24(31)29-19-47-33(42-29)10-12-37-17-32(48(43)44)27-7-2-3-11-38-27)34(40-20-39-28)41-23-8-9-30(26(35)14-23)46-18-21-5-4-6-22(36)13-21/h2-9,11,13-16,19-20,37H,10,12,17-18H2,1H3,(H,39,40,41). The largest absolute Gasteiger partial charge is 0.496 e. The second-order valence-corrected chi connectivity index (χ2v) is 12.7. The molecule has 6 rings (SSSR count). The van der Waals surface area contributed by atoms with Gasteiger partial charge < -0.3 is 20.1 Å². The molecule has 10 nitrogen and oxygen atoms in total. The average molecular weight is 703 g/mol. The molecule has 0 saturated heterocycles. The number of hydrogen-bond donors (Lipinski definition) is 2. The van der Waals surface area contributed by atoms with Crippen molar-refractivity contribution >= 4 is 60.5 Å². The first-order valence-electron chi connectivity index (χ1n) is 14.7. The fraction of sp³-hybridized carbons (Fsp3) is 0.147. The van der Waals surface area contributed by atoms with Gasteiger partial charge in [-0.05, 0) is 54.1 Å². The number of nitrogens with one attached hydrogen (secondary N) is 2. The fourth-order valence-corrected chi connectivity index (χ4v) is 6.43. The smallest absolute Gasteiger partial charge is 0.220 e. The molecular formula is C34H28ClFN6O4S2. The molecule has 0 bridgehead atoms. The molecule has 0 spiro atoms. The predicted octanol–water partition coefficient (Wildman–Crippen LogP) is 6.50. The van der Waals surface area contributed by atoms with E-state index >= 15 is 0 Å². The zero-order valence-electron chi connectivity index (χ0n) is 25.5. The second-order valence-electron chi connectivity index (χ2n) is 10.4. The van der Waals surface area contributed by atoms with Crippen molar-refractivity contribution in [2.45, 2.75) is 13.0 Å². The number of fused-ring (bicyclic) bond motifs is 1. The summed E-state index contributed by atoms with van der Waals surface area (Å²) in [6, 6.07) is 20.4. The minimum Gasteiger partial charge on any atom is -0.496 e. The van der Waals surface area contributed by atoms with Crippen LogP contribution in [0.25, 0.3) is 22.2 Å². The molecule has 3 heterocycles. The van der Waals surface area contributed by atoms with E-state index in [1.807, 2.05) is 23.6 Å². The van der Waals surface area contributed by atoms with Crippen LogP contribution in [0, 0.1) is 5.82 Å². The molecule has 0 aliphatic carbocycles. The van der Waals surface area contributed by atoms with E-state index in [2.05, 4.69) is 25.6 Å². The van der Waals surface area contributed by atoms with Gasteiger partial charge >= 0.3 is 0 Å². The molecule has 0 fully saturated rings. The Bertz CT molecular complexity index is 2210. The van der Waals surface area contributed by atoms with E-state index < -0.39 is 10.3 Å². The molecule has 48 heavy (non-hydrogen) atoms. The van der Waals surface area contributed by atoms with E-state index in [0.29, 0.717) is 57.8 Å². The number of methoxy groups -OCH3 is 1. The van der Waals surface area contributed by atoms with E-state index in [4.69, 9.17) is 26.1 Å². The normalized spacial score (nSPS) is 11.0. The van der Waals surface area contributed by atoms with Gasteiger partial charge in [0.1, 0.15) is 40.9 Å². The molecule has 0 radical (unpaired) electrons. The highest BCUT2D eigenvalue weighted by Gasteiger charge is 2.16. The molecule has 244 valence electrons. The van der Waals surface area contributed by atoms with Crippen molar-refractivity contribution in [3.05, 3.63) is 118 Å². The summed E-state index contributed by atoms with van der Waals surface area (Å²) in [5.74, 6) is 1.31. The van der Waals surface area contributed by atoms with Crippen molar-refractivity contribution in [2.75, 3.05) is 25.5 Å². The minimum atomic E-state index is -2.39. The summed E-state index contributed by atoms with van der Waals surface area (Å²) in [4.78, 5) is 18.1. The number of halogens is 2. The number of nitrogens with zero attached hydrogens (tertiary/aromatic N) is 4. The average Bonchev–Trinajstić information content (AvgIpc) is 3.56. The van der Waals surface area contributed by atoms with Crippen LogP contribution in [-0.2, 0) is 23.3 Å². The molecule has 0 saturated carbocycles. The van der Waals surface area contributed by atoms with Gasteiger partial charge in [-0.15, -0.1) is 11.3 Å². The van der Waals surface area contributed by atoms with Crippen molar-refractivity contribution in [2.24, 2.45) is 0 Å². The van der Waals surface area contributed by atoms with Crippen LogP contribution < -0.4 is 20.1 Å². The summed E-state index contributed by atoms with van der Waals surface area (Å²) in [5, 5.41) is 10.5. The monoisotopic (exact) mass is 702 g/mol. The summed E-state index contributed by atoms with van der Waals surface area (Å²) < 4.78 is 48.5. The molecule has 6 aromatic rings. The van der Waals surface area contributed by atoms with Gasteiger partial charge in [0.2, 0.25) is 10.3 Å². The second kappa shape index (κ2) is 15.3. The van der Waals surface area contributed by atoms with E-state index in [9.17, 15) is 12.8 Å². The summed E-state index contributed by atoms with van der Waals surface area (Å²) in [6.07, 6.45) is 3.63. The number of anilines is 2. The molecule has 0 aliphatic rings. The molecule has 0 unspecified atom stereocenters. The summed E-state index contributed by atoms with van der Waals surface area (Å²) >= 11 is 8.03. The van der Waals surface area contributed by atoms with Crippen molar-refractivity contribution < 1.29 is 22.3 Å². The van der Waals surface area contributed by atoms with Crippen molar-refractivity contribution in [3.8, 4) is 22.8 Å². The maximum atomic E-state index is 13.5. The Morgan fingerprint density at radius 3 is 2.67 bits per heavy atom. The highest BCUT2D eigenvalue weighted by molar-refractivity contribution is 7.73. The van der Waals surface area contributed by atoms with Gasteiger partial charge in [-0.1, -0.05) is 29.8 Å². The number of thiazole rings is 1. The quantitative estimate of drug-likeness (QED) is 0.0782. The molecular weight excluding hydrogens is 675 g/mol. The first-order valence-corrected chi connectivity index (χ1v) is 17.0. The number of rotatable bonds is 13. The van der Waals surface area contributed by atoms with E-state index in [1.54, 1.807) is 55.8 Å². The highest BCUT2D eigenvalue weighted by Crippen LogP contribution is 2.37. The van der Waals surface area contributed by atoms with Crippen molar-refractivity contribution in [1.82, 2.24) is 25.3 Å². The van der Waals surface area contributed by atoms with Gasteiger partial charge in [-0.3, -0.25) is 4.98 Å². The van der Waals surface area contributed by atoms with Crippen LogP contribution in [0.1, 0.15) is 16.3 Å². The third kappa shape index (κ3) is 7.94. The van der Waals surface area contributed by atoms with Gasteiger partial charge in [-0.2, -0.15) is 8.42 Å². The Kier molecular flexibility index (Phi) is 10.5. The number of hydrogen-bond acceptors (Lipinski definition) is 11. The van der Waals surface area contributed by atoms with Gasteiger partial charge in [-0.25, -0.2) is 19.3 Å². The van der Waals surface area contributed by atoms with E-state index in [-0.39, 0.29) is 23.8 Å². The number of ether oxygens (including phenoxy) is 2. The van der Waals surface area contributed by atoms with Crippen molar-refractivity contribution in [1.29, 1.82) is 0 Å². The van der Waals surface area contributed by atoms with E-state index in [0.717, 1.165) is 21.7 Å². The lowest BCUT2D eigenvalue weighted by Gasteiger charge is -2.13. The van der Waals surface area contributed by atoms with E-state index in [1.165, 1.54) is 29.8 Å². The lowest BCUT2D eigenvalue weighted by atomic mass is 10.1. The SMILES string of the molecule is COc1cc2ncnc(Nc3ccc(OCc4cccc(F)c4)c(Cl)c3)c2cc1-c1csc(CCNCC(c2ccccn2)=S(=O)=O)n1. The summed E-state index contributed by atoms with van der Waals surface area (Å²) in [6.45, 7) is 0.860. The van der Waals surface area contributed by atoms with Crippen LogP contribution in [-0.4, -0.2) is 53.4 Å². The molecule has 0 atom stereocenters. The van der Waals surface area contributed by atoms with Crippen molar-refractivity contribution in [3.63, 3.8) is 0 Å². The topological polar surface area (TPSA) is 128 Å². The minimum absolute atomic E-state index is 0.162. The van der Waals surface area contributed by atoms with Crippen LogP contribution in [0.3, 0.4) is 0 Å². The Balaban J connectivity index is 1.16. The lowest BCUT2D eigenvalue weighted by molar-refractivity contribution is 0.306. The highest BCUT2D eigenvalue weighted by atomic mass is 35.5.